The molecule has 1 aliphatic rings. The number of fused-ring (bicyclic) bond motifs is 1. The predicted octanol–water partition coefficient (Wildman–Crippen LogP) is 2.85. The highest BCUT2D eigenvalue weighted by Gasteiger charge is 2.38. The Kier molecular flexibility index (Phi) is 16.7. The number of aromatic nitrogens is 4. The maximum atomic E-state index is 11.2. The second kappa shape index (κ2) is 20.7. The third kappa shape index (κ3) is 12.7. The predicted molar refractivity (Wildman–Crippen MR) is 186 cm³/mol. The summed E-state index contributed by atoms with van der Waals surface area (Å²) in [6, 6.07) is 8.14. The van der Waals surface area contributed by atoms with Crippen LogP contribution in [0.1, 0.15) is 30.7 Å². The molecule has 50 heavy (non-hydrogen) atoms. The molecule has 19 heteroatoms. The van der Waals surface area contributed by atoms with Crippen molar-refractivity contribution in [2.24, 2.45) is 0 Å². The molecule has 3 heterocycles. The van der Waals surface area contributed by atoms with Gasteiger partial charge in [0, 0.05) is 19.5 Å². The molecule has 4 unspecified atom stereocenters. The second-order valence-electron chi connectivity index (χ2n) is 11.2. The van der Waals surface area contributed by atoms with Gasteiger partial charge >= 0.3 is 7.60 Å². The summed E-state index contributed by atoms with van der Waals surface area (Å²) in [5.74, 6) is 2.13. The number of hydrogen-bond donors (Lipinski definition) is 4. The molecule has 4 N–H and O–H groups in total. The number of aliphatic hydroxyl groups excluding tert-OH is 1. The van der Waals surface area contributed by atoms with Crippen LogP contribution in [0.5, 0.6) is 0 Å². The van der Waals surface area contributed by atoms with Crippen LogP contribution in [0.2, 0.25) is 5.28 Å². The maximum absolute atomic E-state index is 11.2. The molecule has 1 aliphatic heterocycles. The zero-order valence-corrected chi connectivity index (χ0v) is 30.3. The number of aliphatic hydroxyl groups is 1. The molecule has 0 radical (unpaired) electrons. The van der Waals surface area contributed by atoms with E-state index in [0.29, 0.717) is 76.2 Å². The lowest BCUT2D eigenvalue weighted by Gasteiger charge is -2.26. The van der Waals surface area contributed by atoms with Gasteiger partial charge < -0.3 is 52.9 Å². The van der Waals surface area contributed by atoms with E-state index in [-0.39, 0.29) is 24.9 Å². The van der Waals surface area contributed by atoms with Crippen LogP contribution in [-0.4, -0.2) is 124 Å². The Labute approximate surface area is 297 Å². The summed E-state index contributed by atoms with van der Waals surface area (Å²) in [6.45, 7) is 5.99. The Balaban J connectivity index is 1.41. The van der Waals surface area contributed by atoms with Gasteiger partial charge in [0.2, 0.25) is 5.28 Å². The van der Waals surface area contributed by atoms with Crippen molar-refractivity contribution in [1.29, 1.82) is 0 Å². The zero-order chi connectivity index (χ0) is 35.9. The first kappa shape index (κ1) is 40.5. The number of anilines is 1. The van der Waals surface area contributed by atoms with E-state index in [0.717, 1.165) is 12.0 Å². The van der Waals surface area contributed by atoms with Gasteiger partial charge in [-0.05, 0) is 29.1 Å². The SMILES string of the molecule is C#CCOCCOCCOCCOCCN(Cc1ccccc1CC)c1nc(Cl)nc2c1cnn2C1OC(COP(O)CP(=O)(O)O)CC1O. The van der Waals surface area contributed by atoms with E-state index in [4.69, 9.17) is 56.0 Å². The van der Waals surface area contributed by atoms with Gasteiger partial charge in [0.05, 0.1) is 70.5 Å². The van der Waals surface area contributed by atoms with E-state index in [1.807, 2.05) is 17.0 Å². The molecule has 1 aromatic carbocycles. The molecule has 4 rings (SSSR count). The summed E-state index contributed by atoms with van der Waals surface area (Å²) in [5, 5.41) is 15.9. The summed E-state index contributed by atoms with van der Waals surface area (Å²) in [7, 11) is -6.81. The molecule has 4 atom stereocenters. The topological polar surface area (TPSA) is 200 Å². The number of ether oxygens (including phenoxy) is 5. The molecule has 0 spiro atoms. The van der Waals surface area contributed by atoms with E-state index < -0.39 is 40.3 Å². The van der Waals surface area contributed by atoms with Crippen LogP contribution >= 0.6 is 27.6 Å². The van der Waals surface area contributed by atoms with E-state index >= 15 is 0 Å². The maximum Gasteiger partial charge on any atom is 0.334 e. The van der Waals surface area contributed by atoms with E-state index in [2.05, 4.69) is 40.0 Å². The molecule has 0 bridgehead atoms. The van der Waals surface area contributed by atoms with Gasteiger partial charge in [-0.1, -0.05) is 37.1 Å². The normalized spacial score (nSPS) is 18.5. The van der Waals surface area contributed by atoms with E-state index in [9.17, 15) is 14.6 Å². The molecule has 1 fully saturated rings. The minimum atomic E-state index is -4.45. The van der Waals surface area contributed by atoms with Crippen molar-refractivity contribution < 1.29 is 52.6 Å². The van der Waals surface area contributed by atoms with Crippen LogP contribution in [0.25, 0.3) is 11.0 Å². The van der Waals surface area contributed by atoms with Gasteiger partial charge in [-0.3, -0.25) is 4.57 Å². The zero-order valence-electron chi connectivity index (χ0n) is 27.8. The highest BCUT2D eigenvalue weighted by molar-refractivity contribution is 7.67. The van der Waals surface area contributed by atoms with E-state index in [1.54, 1.807) is 6.20 Å². The molecule has 1 saturated heterocycles. The van der Waals surface area contributed by atoms with Crippen molar-refractivity contribution in [3.63, 3.8) is 0 Å². The smallest absolute Gasteiger partial charge is 0.334 e. The summed E-state index contributed by atoms with van der Waals surface area (Å²) in [6.07, 6.45) is 5.05. The molecule has 0 aliphatic carbocycles. The first-order valence-corrected chi connectivity index (χ1v) is 19.6. The monoisotopic (exact) mass is 759 g/mol. The minimum absolute atomic E-state index is 0.0297. The number of terminal acetylenes is 1. The first-order chi connectivity index (χ1) is 24.1. The number of aryl methyl sites for hydroxylation is 1. The summed E-state index contributed by atoms with van der Waals surface area (Å²) >= 11 is 6.48. The third-order valence-corrected chi connectivity index (χ3v) is 10.6. The lowest BCUT2D eigenvalue weighted by atomic mass is 10.0. The summed E-state index contributed by atoms with van der Waals surface area (Å²) < 4.78 is 45.9. The fourth-order valence-electron chi connectivity index (χ4n) is 5.22. The van der Waals surface area contributed by atoms with Gasteiger partial charge in [-0.15, -0.1) is 6.42 Å². The molecule has 0 saturated carbocycles. The van der Waals surface area contributed by atoms with Crippen LogP contribution in [0.3, 0.4) is 0 Å². The van der Waals surface area contributed by atoms with Gasteiger partial charge in [0.15, 0.2) is 20.3 Å². The van der Waals surface area contributed by atoms with Gasteiger partial charge in [0.1, 0.15) is 24.4 Å². The minimum Gasteiger partial charge on any atom is -0.388 e. The van der Waals surface area contributed by atoms with Crippen molar-refractivity contribution in [1.82, 2.24) is 19.7 Å². The highest BCUT2D eigenvalue weighted by atomic mass is 35.5. The largest absolute Gasteiger partial charge is 0.388 e. The molecule has 3 aromatic rings. The van der Waals surface area contributed by atoms with Crippen molar-refractivity contribution in [2.45, 2.75) is 44.7 Å². The average molecular weight is 760 g/mol. The Bertz CT molecular complexity index is 1580. The van der Waals surface area contributed by atoms with Crippen molar-refractivity contribution in [3.05, 3.63) is 46.9 Å². The van der Waals surface area contributed by atoms with Crippen molar-refractivity contribution in [2.75, 3.05) is 76.8 Å². The summed E-state index contributed by atoms with van der Waals surface area (Å²) in [4.78, 5) is 39.1. The molecule has 16 nitrogen and oxygen atoms in total. The Morgan fingerprint density at radius 3 is 2.40 bits per heavy atom. The number of nitrogens with zero attached hydrogens (tertiary/aromatic N) is 5. The standard InChI is InChI=1S/C31H44ClN5O11P2/c1-3-10-43-12-14-45-16-17-46-15-13-44-11-9-36(20-24-8-6-5-7-23(24)4-2)28-26-19-33-37(29(26)35-31(32)34-28)30-27(38)18-25(48-30)21-47-49(39)22-50(40,41)42/h1,5-8,19,25,27,30,38-39H,4,9-18,20-22H2,2H3,(H2,40,41,42). The van der Waals surface area contributed by atoms with Crippen LogP contribution in [0.15, 0.2) is 30.5 Å². The Morgan fingerprint density at radius 2 is 1.74 bits per heavy atom. The van der Waals surface area contributed by atoms with E-state index in [1.165, 1.54) is 10.2 Å². The molecule has 276 valence electrons. The fraction of sp³-hybridized carbons (Fsp3) is 0.581. The molecular formula is C31H44ClN5O11P2. The van der Waals surface area contributed by atoms with Crippen LogP contribution in [-0.2, 0) is 45.7 Å². The lowest BCUT2D eigenvalue weighted by molar-refractivity contribution is -0.0519. The van der Waals surface area contributed by atoms with Gasteiger partial charge in [-0.25, -0.2) is 4.68 Å². The number of benzene rings is 1. The lowest BCUT2D eigenvalue weighted by Crippen LogP contribution is -2.29. The first-order valence-electron chi connectivity index (χ1n) is 16.0. The quantitative estimate of drug-likeness (QED) is 0.0476. The average Bonchev–Trinajstić information content (AvgIpc) is 3.66. The number of hydrogen-bond acceptors (Lipinski definition) is 13. The van der Waals surface area contributed by atoms with Gasteiger partial charge in [0.25, 0.3) is 0 Å². The van der Waals surface area contributed by atoms with Crippen LogP contribution in [0.4, 0.5) is 5.82 Å². The number of halogens is 1. The number of rotatable bonds is 23. The summed E-state index contributed by atoms with van der Waals surface area (Å²) in [5.41, 5.74) is 2.63. The molecule has 0 amide bonds. The van der Waals surface area contributed by atoms with Crippen LogP contribution < -0.4 is 4.90 Å². The van der Waals surface area contributed by atoms with Crippen LogP contribution in [0, 0.1) is 12.3 Å². The second-order valence-corrected chi connectivity index (χ2v) is 14.9. The van der Waals surface area contributed by atoms with Crippen molar-refractivity contribution >= 4 is 44.4 Å². The fourth-order valence-corrected chi connectivity index (χ4v) is 7.31. The molecular weight excluding hydrogens is 716 g/mol. The highest BCUT2D eigenvalue weighted by Crippen LogP contribution is 2.49. The van der Waals surface area contributed by atoms with Crippen molar-refractivity contribution in [3.8, 4) is 12.3 Å². The Morgan fingerprint density at radius 1 is 1.08 bits per heavy atom. The van der Waals surface area contributed by atoms with Gasteiger partial charge in [-0.2, -0.15) is 15.1 Å². The third-order valence-electron chi connectivity index (χ3n) is 7.49. The Hall–Kier alpha value is -2.32. The molecule has 2 aromatic heterocycles.